The number of nitrogens with one attached hydrogen (secondary N) is 1. The number of carbonyl (C=O) groups is 1. The fourth-order valence-corrected chi connectivity index (χ4v) is 3.08. The van der Waals surface area contributed by atoms with Gasteiger partial charge in [-0.3, -0.25) is 4.79 Å². The van der Waals surface area contributed by atoms with Crippen LogP contribution in [0.15, 0.2) is 30.3 Å². The van der Waals surface area contributed by atoms with E-state index in [1.165, 1.54) is 5.56 Å². The largest absolute Gasteiger partial charge is 0.338 e. The third kappa shape index (κ3) is 3.40. The van der Waals surface area contributed by atoms with Crippen molar-refractivity contribution in [3.63, 3.8) is 0 Å². The Morgan fingerprint density at radius 3 is 2.70 bits per heavy atom. The normalized spacial score (nSPS) is 19.4. The van der Waals surface area contributed by atoms with Gasteiger partial charge >= 0.3 is 0 Å². The van der Waals surface area contributed by atoms with Crippen LogP contribution in [0.25, 0.3) is 0 Å². The first kappa shape index (κ1) is 15.0. The first-order valence-corrected chi connectivity index (χ1v) is 7.64. The molecule has 0 spiro atoms. The van der Waals surface area contributed by atoms with Crippen LogP contribution in [-0.4, -0.2) is 35.5 Å². The Bertz CT molecular complexity index is 442. The maximum absolute atomic E-state index is 12.7. The molecule has 1 N–H and O–H groups in total. The van der Waals surface area contributed by atoms with E-state index in [2.05, 4.69) is 34.5 Å². The monoisotopic (exact) mass is 274 g/mol. The van der Waals surface area contributed by atoms with Crippen LogP contribution in [0.2, 0.25) is 0 Å². The highest BCUT2D eigenvalue weighted by Crippen LogP contribution is 2.24. The zero-order valence-corrected chi connectivity index (χ0v) is 12.9. The Kier molecular flexibility index (Phi) is 4.81. The van der Waals surface area contributed by atoms with E-state index in [0.29, 0.717) is 6.04 Å². The Labute approximate surface area is 122 Å². The molecule has 1 saturated heterocycles. The summed E-state index contributed by atoms with van der Waals surface area (Å²) in [7, 11) is 0. The number of likely N-dealkylation sites (tertiary alicyclic amines) is 1. The number of benzene rings is 1. The molecular weight excluding hydrogens is 248 g/mol. The van der Waals surface area contributed by atoms with Crippen molar-refractivity contribution in [2.75, 3.05) is 13.1 Å². The van der Waals surface area contributed by atoms with E-state index in [9.17, 15) is 4.79 Å². The van der Waals surface area contributed by atoms with Crippen LogP contribution in [0.5, 0.6) is 0 Å². The first-order valence-electron chi connectivity index (χ1n) is 7.64. The standard InChI is InChI=1S/C17H26N2O/c1-4-18-17(2,3)16(20)19-12-8-11-15(19)13-14-9-6-5-7-10-14/h5-7,9-10,15,18H,4,8,11-13H2,1-3H3. The molecule has 1 fully saturated rings. The molecule has 1 heterocycles. The lowest BCUT2D eigenvalue weighted by atomic mass is 10.00. The van der Waals surface area contributed by atoms with Crippen molar-refractivity contribution in [2.24, 2.45) is 0 Å². The zero-order valence-electron chi connectivity index (χ0n) is 12.9. The molecule has 3 heteroatoms. The van der Waals surface area contributed by atoms with Crippen LogP contribution < -0.4 is 5.32 Å². The van der Waals surface area contributed by atoms with Gasteiger partial charge in [0.15, 0.2) is 0 Å². The van der Waals surface area contributed by atoms with Gasteiger partial charge in [-0.05, 0) is 45.2 Å². The smallest absolute Gasteiger partial charge is 0.242 e. The SMILES string of the molecule is CCNC(C)(C)C(=O)N1CCCC1Cc1ccccc1. The minimum absolute atomic E-state index is 0.234. The van der Waals surface area contributed by atoms with Crippen molar-refractivity contribution < 1.29 is 4.79 Å². The van der Waals surface area contributed by atoms with Crippen LogP contribution >= 0.6 is 0 Å². The number of hydrogen-bond acceptors (Lipinski definition) is 2. The number of carbonyl (C=O) groups excluding carboxylic acids is 1. The van der Waals surface area contributed by atoms with Crippen LogP contribution in [0.1, 0.15) is 39.2 Å². The van der Waals surface area contributed by atoms with E-state index in [-0.39, 0.29) is 5.91 Å². The highest BCUT2D eigenvalue weighted by atomic mass is 16.2. The van der Waals surface area contributed by atoms with Gasteiger partial charge in [0.1, 0.15) is 0 Å². The second-order valence-corrected chi connectivity index (χ2v) is 6.14. The summed E-state index contributed by atoms with van der Waals surface area (Å²) in [6.45, 7) is 7.72. The number of nitrogens with zero attached hydrogens (tertiary/aromatic N) is 1. The average Bonchev–Trinajstić information content (AvgIpc) is 2.87. The summed E-state index contributed by atoms with van der Waals surface area (Å²) >= 11 is 0. The molecule has 1 amide bonds. The van der Waals surface area contributed by atoms with E-state index < -0.39 is 5.54 Å². The molecule has 20 heavy (non-hydrogen) atoms. The van der Waals surface area contributed by atoms with E-state index in [4.69, 9.17) is 0 Å². The minimum atomic E-state index is -0.464. The molecule has 3 nitrogen and oxygen atoms in total. The molecule has 1 aliphatic heterocycles. The molecule has 2 rings (SSSR count). The summed E-state index contributed by atoms with van der Waals surface area (Å²) in [5.41, 5.74) is 0.854. The lowest BCUT2D eigenvalue weighted by molar-refractivity contribution is -0.137. The quantitative estimate of drug-likeness (QED) is 0.895. The molecule has 110 valence electrons. The summed E-state index contributed by atoms with van der Waals surface area (Å²) in [4.78, 5) is 14.8. The lowest BCUT2D eigenvalue weighted by Gasteiger charge is -2.33. The first-order chi connectivity index (χ1) is 9.54. The molecule has 1 aromatic carbocycles. The highest BCUT2D eigenvalue weighted by Gasteiger charge is 2.37. The Morgan fingerprint density at radius 1 is 1.35 bits per heavy atom. The molecule has 1 aromatic rings. The van der Waals surface area contributed by atoms with Crippen molar-refractivity contribution in [3.05, 3.63) is 35.9 Å². The van der Waals surface area contributed by atoms with E-state index in [1.807, 2.05) is 26.8 Å². The molecule has 0 saturated carbocycles. The molecule has 0 aromatic heterocycles. The van der Waals surface area contributed by atoms with Gasteiger partial charge < -0.3 is 10.2 Å². The van der Waals surface area contributed by atoms with Crippen LogP contribution in [0, 0.1) is 0 Å². The fraction of sp³-hybridized carbons (Fsp3) is 0.588. The van der Waals surface area contributed by atoms with Crippen molar-refractivity contribution in [1.82, 2.24) is 10.2 Å². The molecular formula is C17H26N2O. The molecule has 1 atom stereocenters. The third-order valence-corrected chi connectivity index (χ3v) is 4.11. The van der Waals surface area contributed by atoms with Gasteiger partial charge in [-0.25, -0.2) is 0 Å². The maximum atomic E-state index is 12.7. The van der Waals surface area contributed by atoms with E-state index in [1.54, 1.807) is 0 Å². The fourth-order valence-electron chi connectivity index (χ4n) is 3.08. The second kappa shape index (κ2) is 6.40. The summed E-state index contributed by atoms with van der Waals surface area (Å²) in [6.07, 6.45) is 3.20. The number of likely N-dealkylation sites (N-methyl/N-ethyl adjacent to an activating group) is 1. The predicted molar refractivity (Wildman–Crippen MR) is 82.6 cm³/mol. The molecule has 1 unspecified atom stereocenters. The third-order valence-electron chi connectivity index (χ3n) is 4.11. The van der Waals surface area contributed by atoms with Crippen LogP contribution in [-0.2, 0) is 11.2 Å². The van der Waals surface area contributed by atoms with Gasteiger partial charge in [0, 0.05) is 12.6 Å². The number of amides is 1. The van der Waals surface area contributed by atoms with Crippen molar-refractivity contribution in [3.8, 4) is 0 Å². The van der Waals surface area contributed by atoms with Gasteiger partial charge in [0.2, 0.25) is 5.91 Å². The summed E-state index contributed by atoms with van der Waals surface area (Å²) in [5, 5.41) is 3.29. The van der Waals surface area contributed by atoms with Crippen molar-refractivity contribution >= 4 is 5.91 Å². The Balaban J connectivity index is 2.05. The van der Waals surface area contributed by atoms with Gasteiger partial charge in [-0.15, -0.1) is 0 Å². The van der Waals surface area contributed by atoms with Crippen LogP contribution in [0.3, 0.4) is 0 Å². The summed E-state index contributed by atoms with van der Waals surface area (Å²) in [5.74, 6) is 0.234. The maximum Gasteiger partial charge on any atom is 0.242 e. The topological polar surface area (TPSA) is 32.3 Å². The lowest BCUT2D eigenvalue weighted by Crippen LogP contribution is -2.55. The number of hydrogen-bond donors (Lipinski definition) is 1. The Hall–Kier alpha value is -1.35. The van der Waals surface area contributed by atoms with Crippen molar-refractivity contribution in [2.45, 2.75) is 51.6 Å². The van der Waals surface area contributed by atoms with Crippen LogP contribution in [0.4, 0.5) is 0 Å². The summed E-state index contributed by atoms with van der Waals surface area (Å²) < 4.78 is 0. The van der Waals surface area contributed by atoms with Gasteiger partial charge in [0.05, 0.1) is 5.54 Å². The molecule has 0 radical (unpaired) electrons. The molecule has 1 aliphatic rings. The van der Waals surface area contributed by atoms with E-state index in [0.717, 1.165) is 32.4 Å². The molecule has 0 aliphatic carbocycles. The number of rotatable bonds is 5. The minimum Gasteiger partial charge on any atom is -0.338 e. The van der Waals surface area contributed by atoms with Gasteiger partial charge in [0.25, 0.3) is 0 Å². The average molecular weight is 274 g/mol. The van der Waals surface area contributed by atoms with Gasteiger partial charge in [-0.2, -0.15) is 0 Å². The highest BCUT2D eigenvalue weighted by molar-refractivity contribution is 5.86. The molecule has 0 bridgehead atoms. The zero-order chi connectivity index (χ0) is 14.6. The summed E-state index contributed by atoms with van der Waals surface area (Å²) in [6, 6.07) is 10.8. The Morgan fingerprint density at radius 2 is 2.05 bits per heavy atom. The predicted octanol–water partition coefficient (Wildman–Crippen LogP) is 2.61. The second-order valence-electron chi connectivity index (χ2n) is 6.14. The van der Waals surface area contributed by atoms with E-state index >= 15 is 0 Å². The van der Waals surface area contributed by atoms with Crippen molar-refractivity contribution in [1.29, 1.82) is 0 Å². The van der Waals surface area contributed by atoms with Gasteiger partial charge in [-0.1, -0.05) is 37.3 Å².